The average molecular weight is 530 g/mol. The van der Waals surface area contributed by atoms with Crippen LogP contribution in [0, 0.1) is 20.8 Å². The van der Waals surface area contributed by atoms with Crippen molar-refractivity contribution < 1.29 is 18.0 Å². The number of carbonyl (C=O) groups is 2. The van der Waals surface area contributed by atoms with Gasteiger partial charge in [0.1, 0.15) is 6.04 Å². The number of benzene rings is 2. The molecule has 2 aromatic carbocycles. The van der Waals surface area contributed by atoms with Gasteiger partial charge in [0.05, 0.1) is 11.9 Å². The lowest BCUT2D eigenvalue weighted by Crippen LogP contribution is -2.53. The highest BCUT2D eigenvalue weighted by Gasteiger charge is 2.30. The van der Waals surface area contributed by atoms with Gasteiger partial charge in [0.25, 0.3) is 0 Å². The normalized spacial score (nSPS) is 12.6. The van der Waals surface area contributed by atoms with Gasteiger partial charge in [-0.15, -0.1) is 0 Å². The van der Waals surface area contributed by atoms with Crippen LogP contribution >= 0.6 is 0 Å². The van der Waals surface area contributed by atoms with Crippen LogP contribution in [-0.4, -0.2) is 49.5 Å². The van der Waals surface area contributed by atoms with Crippen molar-refractivity contribution in [1.82, 2.24) is 10.2 Å². The standard InChI is InChI=1S/C29H43N3O4S/c1-9-26(28(34)30-29(5,6)7)31(20-24-13-10-12-21(2)18-24)27(33)14-11-17-32(37(8,35)36)25-16-15-22(3)23(4)19-25/h10,12-13,15-16,18-19,26H,9,11,14,17,20H2,1-8H3,(H,30,34). The molecular formula is C29H43N3O4S. The molecule has 1 unspecified atom stereocenters. The Morgan fingerprint density at radius 2 is 1.68 bits per heavy atom. The van der Waals surface area contributed by atoms with Crippen molar-refractivity contribution in [2.45, 2.75) is 85.9 Å². The summed E-state index contributed by atoms with van der Waals surface area (Å²) in [6, 6.07) is 12.8. The number of amides is 2. The largest absolute Gasteiger partial charge is 0.350 e. The van der Waals surface area contributed by atoms with Crippen molar-refractivity contribution in [2.75, 3.05) is 17.1 Å². The van der Waals surface area contributed by atoms with E-state index in [0.717, 1.165) is 22.3 Å². The maximum atomic E-state index is 13.5. The molecule has 0 saturated heterocycles. The first-order valence-electron chi connectivity index (χ1n) is 12.8. The van der Waals surface area contributed by atoms with Gasteiger partial charge in [0.2, 0.25) is 21.8 Å². The summed E-state index contributed by atoms with van der Waals surface area (Å²) in [5.74, 6) is -0.366. The molecule has 1 N–H and O–H groups in total. The molecule has 0 saturated carbocycles. The highest BCUT2D eigenvalue weighted by Crippen LogP contribution is 2.22. The highest BCUT2D eigenvalue weighted by atomic mass is 32.2. The minimum absolute atomic E-state index is 0.127. The van der Waals surface area contributed by atoms with Gasteiger partial charge in [0.15, 0.2) is 0 Å². The van der Waals surface area contributed by atoms with Gasteiger partial charge >= 0.3 is 0 Å². The van der Waals surface area contributed by atoms with Crippen molar-refractivity contribution in [3.05, 3.63) is 64.7 Å². The summed E-state index contributed by atoms with van der Waals surface area (Å²) in [4.78, 5) is 28.3. The fraction of sp³-hybridized carbons (Fsp3) is 0.517. The van der Waals surface area contributed by atoms with E-state index in [4.69, 9.17) is 0 Å². The molecule has 2 rings (SSSR count). The first-order valence-corrected chi connectivity index (χ1v) is 14.7. The molecule has 2 aromatic rings. The van der Waals surface area contributed by atoms with E-state index in [1.54, 1.807) is 11.0 Å². The zero-order valence-electron chi connectivity index (χ0n) is 23.6. The van der Waals surface area contributed by atoms with Crippen molar-refractivity contribution in [3.8, 4) is 0 Å². The monoisotopic (exact) mass is 529 g/mol. The Morgan fingerprint density at radius 1 is 1.00 bits per heavy atom. The summed E-state index contributed by atoms with van der Waals surface area (Å²) >= 11 is 0. The van der Waals surface area contributed by atoms with Crippen molar-refractivity contribution >= 4 is 27.5 Å². The van der Waals surface area contributed by atoms with E-state index in [0.29, 0.717) is 25.1 Å². The maximum absolute atomic E-state index is 13.5. The smallest absolute Gasteiger partial charge is 0.243 e. The maximum Gasteiger partial charge on any atom is 0.243 e. The van der Waals surface area contributed by atoms with E-state index in [9.17, 15) is 18.0 Å². The average Bonchev–Trinajstić information content (AvgIpc) is 2.76. The minimum atomic E-state index is -3.53. The second kappa shape index (κ2) is 12.6. The van der Waals surface area contributed by atoms with Gasteiger partial charge < -0.3 is 10.2 Å². The summed E-state index contributed by atoms with van der Waals surface area (Å²) in [7, 11) is -3.53. The molecule has 0 fully saturated rings. The Balaban J connectivity index is 2.26. The number of rotatable bonds is 11. The molecular weight excluding hydrogens is 486 g/mol. The molecule has 0 bridgehead atoms. The molecule has 7 nitrogen and oxygen atoms in total. The van der Waals surface area contributed by atoms with E-state index >= 15 is 0 Å². The molecule has 1 atom stereocenters. The molecule has 0 heterocycles. The lowest BCUT2D eigenvalue weighted by Gasteiger charge is -2.33. The van der Waals surface area contributed by atoms with Crippen molar-refractivity contribution in [1.29, 1.82) is 0 Å². The van der Waals surface area contributed by atoms with Crippen LogP contribution in [0.25, 0.3) is 0 Å². The van der Waals surface area contributed by atoms with E-state index < -0.39 is 21.6 Å². The Kier molecular flexibility index (Phi) is 10.3. The van der Waals surface area contributed by atoms with Crippen LogP contribution in [0.4, 0.5) is 5.69 Å². The summed E-state index contributed by atoms with van der Waals surface area (Å²) in [6.07, 6.45) is 2.11. The van der Waals surface area contributed by atoms with Gasteiger partial charge in [-0.05, 0) is 83.2 Å². The number of nitrogens with zero attached hydrogens (tertiary/aromatic N) is 2. The molecule has 0 aromatic heterocycles. The van der Waals surface area contributed by atoms with E-state index in [2.05, 4.69) is 5.32 Å². The summed E-state index contributed by atoms with van der Waals surface area (Å²) in [5.41, 5.74) is 4.27. The van der Waals surface area contributed by atoms with Gasteiger partial charge in [-0.25, -0.2) is 8.42 Å². The quantitative estimate of drug-likeness (QED) is 0.449. The lowest BCUT2D eigenvalue weighted by atomic mass is 10.0. The molecule has 0 radical (unpaired) electrons. The predicted octanol–water partition coefficient (Wildman–Crippen LogP) is 4.88. The molecule has 2 amide bonds. The lowest BCUT2D eigenvalue weighted by molar-refractivity contribution is -0.142. The van der Waals surface area contributed by atoms with Crippen LogP contribution in [-0.2, 0) is 26.2 Å². The zero-order valence-corrected chi connectivity index (χ0v) is 24.4. The van der Waals surface area contributed by atoms with Crippen molar-refractivity contribution in [2.24, 2.45) is 0 Å². The first kappa shape index (κ1) is 30.4. The van der Waals surface area contributed by atoms with Crippen LogP contribution in [0.15, 0.2) is 42.5 Å². The van der Waals surface area contributed by atoms with Crippen LogP contribution in [0.2, 0.25) is 0 Å². The first-order chi connectivity index (χ1) is 17.1. The number of hydrogen-bond donors (Lipinski definition) is 1. The number of carbonyl (C=O) groups excluding carboxylic acids is 2. The fourth-order valence-corrected chi connectivity index (χ4v) is 5.22. The second-order valence-electron chi connectivity index (χ2n) is 10.9. The van der Waals surface area contributed by atoms with Gasteiger partial charge in [-0.1, -0.05) is 42.8 Å². The predicted molar refractivity (Wildman–Crippen MR) is 151 cm³/mol. The Labute approximate surface area is 223 Å². The zero-order chi connectivity index (χ0) is 28.0. The molecule has 0 aliphatic carbocycles. The van der Waals surface area contributed by atoms with Crippen LogP contribution in [0.3, 0.4) is 0 Å². The summed E-state index contributed by atoms with van der Waals surface area (Å²) in [5, 5.41) is 3.01. The number of sulfonamides is 1. The molecule has 37 heavy (non-hydrogen) atoms. The van der Waals surface area contributed by atoms with Crippen molar-refractivity contribution in [3.63, 3.8) is 0 Å². The van der Waals surface area contributed by atoms with Gasteiger partial charge in [0, 0.05) is 25.0 Å². The van der Waals surface area contributed by atoms with E-state index in [-0.39, 0.29) is 24.8 Å². The Morgan fingerprint density at radius 3 is 2.22 bits per heavy atom. The van der Waals surface area contributed by atoms with Gasteiger partial charge in [-0.3, -0.25) is 13.9 Å². The molecule has 8 heteroatoms. The fourth-order valence-electron chi connectivity index (χ4n) is 4.26. The van der Waals surface area contributed by atoms with Gasteiger partial charge in [-0.2, -0.15) is 0 Å². The number of aryl methyl sites for hydroxylation is 3. The summed E-state index contributed by atoms with van der Waals surface area (Å²) in [6.45, 7) is 14.0. The minimum Gasteiger partial charge on any atom is -0.350 e. The van der Waals surface area contributed by atoms with Crippen LogP contribution in [0.5, 0.6) is 0 Å². The number of anilines is 1. The molecule has 0 aliphatic heterocycles. The molecule has 0 spiro atoms. The molecule has 204 valence electrons. The highest BCUT2D eigenvalue weighted by molar-refractivity contribution is 7.92. The van der Waals surface area contributed by atoms with E-state index in [1.807, 2.05) is 84.9 Å². The van der Waals surface area contributed by atoms with E-state index in [1.165, 1.54) is 10.6 Å². The number of hydrogen-bond acceptors (Lipinski definition) is 4. The third kappa shape index (κ3) is 9.18. The molecule has 0 aliphatic rings. The SMILES string of the molecule is CCC(C(=O)NC(C)(C)C)N(Cc1cccc(C)c1)C(=O)CCCN(c1ccc(C)c(C)c1)S(C)(=O)=O. The van der Waals surface area contributed by atoms with Crippen LogP contribution in [0.1, 0.15) is 69.2 Å². The topological polar surface area (TPSA) is 86.8 Å². The second-order valence-corrected chi connectivity index (χ2v) is 12.8. The third-order valence-corrected chi connectivity index (χ3v) is 7.44. The Bertz CT molecular complexity index is 1200. The number of nitrogens with one attached hydrogen (secondary N) is 1. The Hall–Kier alpha value is -2.87. The summed E-state index contributed by atoms with van der Waals surface area (Å²) < 4.78 is 26.5. The third-order valence-electron chi connectivity index (χ3n) is 6.25. The van der Waals surface area contributed by atoms with Crippen LogP contribution < -0.4 is 9.62 Å².